The zero-order chi connectivity index (χ0) is 9.68. The second-order valence-electron chi connectivity index (χ2n) is 4.07. The minimum atomic E-state index is 0.489. The Morgan fingerprint density at radius 3 is 2.85 bits per heavy atom. The number of hydrogen-bond donors (Lipinski definition) is 1. The van der Waals surface area contributed by atoms with Crippen molar-refractivity contribution in [3.05, 3.63) is 0 Å². The predicted octanol–water partition coefficient (Wildman–Crippen LogP) is 2.19. The minimum Gasteiger partial charge on any atom is -0.378 e. The average Bonchev–Trinajstić information content (AvgIpc) is 2.18. The third kappa shape index (κ3) is 3.28. The van der Waals surface area contributed by atoms with Crippen LogP contribution in [0.5, 0.6) is 0 Å². The second kappa shape index (κ2) is 5.61. The van der Waals surface area contributed by atoms with Gasteiger partial charge in [-0.1, -0.05) is 27.2 Å². The summed E-state index contributed by atoms with van der Waals surface area (Å²) in [5, 5.41) is 3.51. The first-order valence-corrected chi connectivity index (χ1v) is 5.62. The number of nitrogens with one attached hydrogen (secondary N) is 1. The van der Waals surface area contributed by atoms with Crippen molar-refractivity contribution in [1.29, 1.82) is 0 Å². The lowest BCUT2D eigenvalue weighted by atomic mass is 9.92. The molecule has 1 aliphatic rings. The summed E-state index contributed by atoms with van der Waals surface area (Å²) in [5.74, 6) is 0.710. The molecule has 1 rings (SSSR count). The van der Waals surface area contributed by atoms with Gasteiger partial charge in [-0.25, -0.2) is 0 Å². The molecular formula is C11H23NO. The maximum absolute atomic E-state index is 5.77. The van der Waals surface area contributed by atoms with Gasteiger partial charge in [-0.2, -0.15) is 0 Å². The van der Waals surface area contributed by atoms with Crippen LogP contribution in [-0.4, -0.2) is 25.3 Å². The predicted molar refractivity (Wildman–Crippen MR) is 55.9 cm³/mol. The van der Waals surface area contributed by atoms with Gasteiger partial charge in [-0.15, -0.1) is 0 Å². The Hall–Kier alpha value is -0.0800. The van der Waals surface area contributed by atoms with E-state index in [9.17, 15) is 0 Å². The summed E-state index contributed by atoms with van der Waals surface area (Å²) in [6, 6.07) is 0.692. The van der Waals surface area contributed by atoms with E-state index in [0.29, 0.717) is 18.1 Å². The molecule has 1 aliphatic heterocycles. The number of rotatable bonds is 4. The van der Waals surface area contributed by atoms with Gasteiger partial charge in [0.2, 0.25) is 0 Å². The van der Waals surface area contributed by atoms with Gasteiger partial charge in [0, 0.05) is 12.6 Å². The van der Waals surface area contributed by atoms with E-state index in [2.05, 4.69) is 26.1 Å². The van der Waals surface area contributed by atoms with Crippen molar-refractivity contribution >= 4 is 0 Å². The van der Waals surface area contributed by atoms with Crippen molar-refractivity contribution < 1.29 is 4.74 Å². The first kappa shape index (κ1) is 11.0. The summed E-state index contributed by atoms with van der Waals surface area (Å²) >= 11 is 0. The minimum absolute atomic E-state index is 0.489. The van der Waals surface area contributed by atoms with E-state index in [1.807, 2.05) is 0 Å². The van der Waals surface area contributed by atoms with E-state index in [1.165, 1.54) is 19.3 Å². The molecule has 78 valence electrons. The van der Waals surface area contributed by atoms with Crippen LogP contribution in [0, 0.1) is 5.92 Å². The van der Waals surface area contributed by atoms with Gasteiger partial charge in [0.25, 0.3) is 0 Å². The Morgan fingerprint density at radius 1 is 1.46 bits per heavy atom. The van der Waals surface area contributed by atoms with E-state index in [-0.39, 0.29) is 0 Å². The molecule has 2 heteroatoms. The maximum atomic E-state index is 5.77. The van der Waals surface area contributed by atoms with Crippen LogP contribution in [0.4, 0.5) is 0 Å². The lowest BCUT2D eigenvalue weighted by Crippen LogP contribution is -2.41. The van der Waals surface area contributed by atoms with Gasteiger partial charge in [-0.3, -0.25) is 0 Å². The summed E-state index contributed by atoms with van der Waals surface area (Å²) in [4.78, 5) is 0. The van der Waals surface area contributed by atoms with E-state index in [4.69, 9.17) is 4.74 Å². The van der Waals surface area contributed by atoms with Crippen LogP contribution < -0.4 is 5.32 Å². The Morgan fingerprint density at radius 2 is 2.23 bits per heavy atom. The molecule has 1 heterocycles. The zero-order valence-electron chi connectivity index (χ0n) is 9.18. The molecule has 13 heavy (non-hydrogen) atoms. The molecule has 0 aliphatic carbocycles. The van der Waals surface area contributed by atoms with Crippen LogP contribution in [0.25, 0.3) is 0 Å². The Kier molecular flexibility index (Phi) is 4.74. The molecule has 0 saturated carbocycles. The topological polar surface area (TPSA) is 21.3 Å². The molecule has 1 N–H and O–H groups in total. The molecule has 0 radical (unpaired) electrons. The summed E-state index contributed by atoms with van der Waals surface area (Å²) in [6.45, 7) is 8.72. The van der Waals surface area contributed by atoms with Crippen molar-refractivity contribution in [2.24, 2.45) is 5.92 Å². The molecule has 0 amide bonds. The molecule has 2 nitrogen and oxygen atoms in total. The Labute approximate surface area is 82.0 Å². The summed E-state index contributed by atoms with van der Waals surface area (Å²) in [6.07, 6.45) is 4.09. The van der Waals surface area contributed by atoms with Crippen LogP contribution >= 0.6 is 0 Å². The first-order chi connectivity index (χ1) is 6.27. The monoisotopic (exact) mass is 185 g/mol. The number of ether oxygens (including phenoxy) is 1. The molecule has 1 fully saturated rings. The molecule has 1 saturated heterocycles. The molecular weight excluding hydrogens is 162 g/mol. The average molecular weight is 185 g/mol. The highest BCUT2D eigenvalue weighted by atomic mass is 16.5. The fourth-order valence-electron chi connectivity index (χ4n) is 1.96. The highest BCUT2D eigenvalue weighted by Crippen LogP contribution is 2.22. The van der Waals surface area contributed by atoms with E-state index < -0.39 is 0 Å². The third-order valence-corrected chi connectivity index (χ3v) is 3.09. The van der Waals surface area contributed by atoms with Crippen molar-refractivity contribution in [3.63, 3.8) is 0 Å². The smallest absolute Gasteiger partial charge is 0.0615 e. The van der Waals surface area contributed by atoms with Crippen molar-refractivity contribution in [3.8, 4) is 0 Å². The largest absolute Gasteiger partial charge is 0.378 e. The second-order valence-corrected chi connectivity index (χ2v) is 4.07. The molecule has 0 spiro atoms. The molecule has 3 atom stereocenters. The lowest BCUT2D eigenvalue weighted by molar-refractivity contribution is -0.0290. The molecule has 0 aromatic heterocycles. The standard InChI is InChI=1S/C11H23NO/c1-4-9(3)11-8-10(12-5-2)6-7-13-11/h9-12H,4-8H2,1-3H3. The molecule has 0 aromatic rings. The zero-order valence-corrected chi connectivity index (χ0v) is 9.18. The fourth-order valence-corrected chi connectivity index (χ4v) is 1.96. The van der Waals surface area contributed by atoms with Crippen LogP contribution in [0.2, 0.25) is 0 Å². The van der Waals surface area contributed by atoms with E-state index in [1.54, 1.807) is 0 Å². The summed E-state index contributed by atoms with van der Waals surface area (Å²) < 4.78 is 5.77. The van der Waals surface area contributed by atoms with Gasteiger partial charge in [0.15, 0.2) is 0 Å². The molecule has 0 aromatic carbocycles. The Bertz CT molecular complexity index is 136. The maximum Gasteiger partial charge on any atom is 0.0615 e. The van der Waals surface area contributed by atoms with Crippen LogP contribution in [0.1, 0.15) is 40.0 Å². The molecule has 3 unspecified atom stereocenters. The van der Waals surface area contributed by atoms with Crippen molar-refractivity contribution in [2.45, 2.75) is 52.2 Å². The van der Waals surface area contributed by atoms with Gasteiger partial charge < -0.3 is 10.1 Å². The highest BCUT2D eigenvalue weighted by Gasteiger charge is 2.25. The third-order valence-electron chi connectivity index (χ3n) is 3.09. The lowest BCUT2D eigenvalue weighted by Gasteiger charge is -2.33. The SMILES string of the molecule is CCNC1CCOC(C(C)CC)C1. The van der Waals surface area contributed by atoms with Gasteiger partial charge in [0.1, 0.15) is 0 Å². The summed E-state index contributed by atoms with van der Waals surface area (Å²) in [5.41, 5.74) is 0. The molecule has 0 bridgehead atoms. The normalized spacial score (nSPS) is 31.6. The van der Waals surface area contributed by atoms with Crippen molar-refractivity contribution in [1.82, 2.24) is 5.32 Å². The quantitative estimate of drug-likeness (QED) is 0.725. The number of hydrogen-bond acceptors (Lipinski definition) is 2. The van der Waals surface area contributed by atoms with Gasteiger partial charge in [-0.05, 0) is 25.3 Å². The summed E-state index contributed by atoms with van der Waals surface area (Å²) in [7, 11) is 0. The van der Waals surface area contributed by atoms with Crippen LogP contribution in [0.15, 0.2) is 0 Å². The first-order valence-electron chi connectivity index (χ1n) is 5.62. The van der Waals surface area contributed by atoms with E-state index >= 15 is 0 Å². The van der Waals surface area contributed by atoms with Gasteiger partial charge in [0.05, 0.1) is 6.10 Å². The Balaban J connectivity index is 2.32. The highest BCUT2D eigenvalue weighted by molar-refractivity contribution is 4.79. The van der Waals surface area contributed by atoms with Crippen LogP contribution in [-0.2, 0) is 4.74 Å². The van der Waals surface area contributed by atoms with Gasteiger partial charge >= 0.3 is 0 Å². The van der Waals surface area contributed by atoms with E-state index in [0.717, 1.165) is 13.2 Å². The fraction of sp³-hybridized carbons (Fsp3) is 1.00. The van der Waals surface area contributed by atoms with Crippen molar-refractivity contribution in [2.75, 3.05) is 13.2 Å². The van der Waals surface area contributed by atoms with Crippen LogP contribution in [0.3, 0.4) is 0 Å².